The zero-order valence-electron chi connectivity index (χ0n) is 13.4. The number of carbonyl (C=O) groups excluding carboxylic acids is 2. The lowest BCUT2D eigenvalue weighted by Gasteiger charge is -2.09. The van der Waals surface area contributed by atoms with Crippen molar-refractivity contribution in [3.05, 3.63) is 71.6 Å². The van der Waals surface area contributed by atoms with Gasteiger partial charge < -0.3 is 10.6 Å². The molecule has 0 fully saturated rings. The summed E-state index contributed by atoms with van der Waals surface area (Å²) in [6, 6.07) is 12.7. The number of para-hydroxylation sites is 1. The van der Waals surface area contributed by atoms with Crippen LogP contribution in [0, 0.1) is 5.82 Å². The van der Waals surface area contributed by atoms with Crippen LogP contribution in [0.2, 0.25) is 0 Å². The molecule has 0 aliphatic rings. The lowest BCUT2D eigenvalue weighted by Crippen LogP contribution is -2.25. The molecule has 24 heavy (non-hydrogen) atoms. The van der Waals surface area contributed by atoms with Crippen LogP contribution >= 0.6 is 0 Å². The molecule has 4 nitrogen and oxygen atoms in total. The number of amides is 2. The minimum atomic E-state index is -0.394. The molecule has 5 heteroatoms. The van der Waals surface area contributed by atoms with E-state index in [4.69, 9.17) is 0 Å². The van der Waals surface area contributed by atoms with Gasteiger partial charge in [-0.05, 0) is 42.3 Å². The highest BCUT2D eigenvalue weighted by Crippen LogP contribution is 2.15. The third kappa shape index (κ3) is 5.05. The monoisotopic (exact) mass is 326 g/mol. The summed E-state index contributed by atoms with van der Waals surface area (Å²) < 4.78 is 13.1. The average molecular weight is 326 g/mol. The lowest BCUT2D eigenvalue weighted by atomic mass is 10.1. The zero-order valence-corrected chi connectivity index (χ0v) is 13.4. The molecule has 0 saturated carbocycles. The second-order valence-electron chi connectivity index (χ2n) is 5.18. The van der Waals surface area contributed by atoms with Gasteiger partial charge in [-0.2, -0.15) is 0 Å². The highest BCUT2D eigenvalue weighted by molar-refractivity contribution is 6.07. The van der Waals surface area contributed by atoms with E-state index in [0.29, 0.717) is 23.4 Å². The van der Waals surface area contributed by atoms with Crippen LogP contribution < -0.4 is 10.6 Å². The van der Waals surface area contributed by atoms with Crippen LogP contribution in [0.3, 0.4) is 0 Å². The van der Waals surface area contributed by atoms with E-state index < -0.39 is 5.91 Å². The first kappa shape index (κ1) is 17.4. The van der Waals surface area contributed by atoms with Crippen LogP contribution in [0.1, 0.15) is 29.3 Å². The Balaban J connectivity index is 2.07. The molecule has 2 aromatic rings. The first-order valence-electron chi connectivity index (χ1n) is 7.72. The van der Waals surface area contributed by atoms with Gasteiger partial charge in [0.15, 0.2) is 0 Å². The predicted molar refractivity (Wildman–Crippen MR) is 93.1 cm³/mol. The number of hydrogen-bond acceptors (Lipinski definition) is 2. The molecule has 0 aromatic heterocycles. The zero-order chi connectivity index (χ0) is 17.4. The van der Waals surface area contributed by atoms with Gasteiger partial charge in [0.2, 0.25) is 5.91 Å². The molecule has 2 rings (SSSR count). The second kappa shape index (κ2) is 8.62. The van der Waals surface area contributed by atoms with Crippen LogP contribution in [0.4, 0.5) is 10.1 Å². The fourth-order valence-electron chi connectivity index (χ4n) is 2.08. The maximum Gasteiger partial charge on any atom is 0.253 e. The van der Waals surface area contributed by atoms with Crippen LogP contribution in [0.15, 0.2) is 54.6 Å². The van der Waals surface area contributed by atoms with E-state index in [1.165, 1.54) is 24.3 Å². The predicted octanol–water partition coefficient (Wildman–Crippen LogP) is 3.62. The van der Waals surface area contributed by atoms with Gasteiger partial charge in [0.05, 0.1) is 11.3 Å². The minimum Gasteiger partial charge on any atom is -0.352 e. The Kier molecular flexibility index (Phi) is 6.25. The van der Waals surface area contributed by atoms with Gasteiger partial charge in [-0.15, -0.1) is 0 Å². The summed E-state index contributed by atoms with van der Waals surface area (Å²) in [5.74, 6) is -0.993. The van der Waals surface area contributed by atoms with E-state index in [0.717, 1.165) is 6.42 Å². The number of hydrogen-bond donors (Lipinski definition) is 2. The number of halogens is 1. The molecule has 0 radical (unpaired) electrons. The lowest BCUT2D eigenvalue weighted by molar-refractivity contribution is -0.111. The van der Waals surface area contributed by atoms with Crippen molar-refractivity contribution in [2.24, 2.45) is 0 Å². The highest BCUT2D eigenvalue weighted by Gasteiger charge is 2.11. The topological polar surface area (TPSA) is 58.2 Å². The van der Waals surface area contributed by atoms with Crippen molar-refractivity contribution in [3.63, 3.8) is 0 Å². The third-order valence-corrected chi connectivity index (χ3v) is 3.24. The quantitative estimate of drug-likeness (QED) is 0.797. The van der Waals surface area contributed by atoms with Crippen molar-refractivity contribution in [2.75, 3.05) is 11.9 Å². The minimum absolute atomic E-state index is 0.234. The van der Waals surface area contributed by atoms with Gasteiger partial charge in [0.1, 0.15) is 5.82 Å². The molecule has 0 aliphatic carbocycles. The number of carbonyl (C=O) groups is 2. The van der Waals surface area contributed by atoms with E-state index in [1.807, 2.05) is 6.92 Å². The Labute approximate surface area is 140 Å². The molecular weight excluding hydrogens is 307 g/mol. The summed E-state index contributed by atoms with van der Waals surface area (Å²) in [6.45, 7) is 2.53. The van der Waals surface area contributed by atoms with Gasteiger partial charge in [-0.3, -0.25) is 9.59 Å². The maximum absolute atomic E-state index is 13.1. The van der Waals surface area contributed by atoms with Crippen LogP contribution in [-0.4, -0.2) is 18.4 Å². The summed E-state index contributed by atoms with van der Waals surface area (Å²) in [4.78, 5) is 24.1. The number of rotatable bonds is 6. The van der Waals surface area contributed by atoms with Crippen molar-refractivity contribution >= 4 is 23.6 Å². The SMILES string of the molecule is CCCNC(=O)c1ccccc1NC(=O)/C=C/c1cccc(F)c1. The van der Waals surface area contributed by atoms with Crippen molar-refractivity contribution in [1.82, 2.24) is 5.32 Å². The van der Waals surface area contributed by atoms with Crippen molar-refractivity contribution in [1.29, 1.82) is 0 Å². The largest absolute Gasteiger partial charge is 0.352 e. The summed E-state index contributed by atoms with van der Waals surface area (Å²) in [5.41, 5.74) is 1.41. The molecule has 0 saturated heterocycles. The molecule has 2 aromatic carbocycles. The molecule has 2 amide bonds. The van der Waals surface area contributed by atoms with Gasteiger partial charge in [0.25, 0.3) is 5.91 Å². The normalized spacial score (nSPS) is 10.6. The van der Waals surface area contributed by atoms with Gasteiger partial charge in [-0.1, -0.05) is 31.2 Å². The summed E-state index contributed by atoms with van der Waals surface area (Å²) in [7, 11) is 0. The molecular formula is C19H19FN2O2. The maximum atomic E-state index is 13.1. The van der Waals surface area contributed by atoms with Crippen LogP contribution in [0.25, 0.3) is 6.08 Å². The van der Waals surface area contributed by atoms with Gasteiger partial charge in [0, 0.05) is 12.6 Å². The number of benzene rings is 2. The first-order chi connectivity index (χ1) is 11.6. The smallest absolute Gasteiger partial charge is 0.253 e. The molecule has 0 aliphatic heterocycles. The Morgan fingerprint density at radius 1 is 1.12 bits per heavy atom. The van der Waals surface area contributed by atoms with E-state index in [9.17, 15) is 14.0 Å². The van der Waals surface area contributed by atoms with E-state index >= 15 is 0 Å². The number of anilines is 1. The Morgan fingerprint density at radius 2 is 1.92 bits per heavy atom. The van der Waals surface area contributed by atoms with E-state index in [-0.39, 0.29) is 11.7 Å². The van der Waals surface area contributed by atoms with E-state index in [1.54, 1.807) is 36.4 Å². The first-order valence-corrected chi connectivity index (χ1v) is 7.72. The molecule has 0 atom stereocenters. The van der Waals surface area contributed by atoms with Gasteiger partial charge >= 0.3 is 0 Å². The molecule has 2 N–H and O–H groups in total. The van der Waals surface area contributed by atoms with Gasteiger partial charge in [-0.25, -0.2) is 4.39 Å². The molecule has 0 unspecified atom stereocenters. The Hall–Kier alpha value is -2.95. The molecule has 0 heterocycles. The van der Waals surface area contributed by atoms with E-state index in [2.05, 4.69) is 10.6 Å². The second-order valence-corrected chi connectivity index (χ2v) is 5.18. The summed E-state index contributed by atoms with van der Waals surface area (Å²) in [5, 5.41) is 5.45. The average Bonchev–Trinajstić information content (AvgIpc) is 2.58. The van der Waals surface area contributed by atoms with Crippen LogP contribution in [-0.2, 0) is 4.79 Å². The van der Waals surface area contributed by atoms with Crippen LogP contribution in [0.5, 0.6) is 0 Å². The molecule has 124 valence electrons. The summed E-state index contributed by atoms with van der Waals surface area (Å²) >= 11 is 0. The standard InChI is InChI=1S/C19H19FN2O2/c1-2-12-21-19(24)16-8-3-4-9-17(16)22-18(23)11-10-14-6-5-7-15(20)13-14/h3-11,13H,2,12H2,1H3,(H,21,24)(H,22,23)/b11-10+. The fourth-order valence-corrected chi connectivity index (χ4v) is 2.08. The Morgan fingerprint density at radius 3 is 2.67 bits per heavy atom. The summed E-state index contributed by atoms with van der Waals surface area (Å²) in [6.07, 6.45) is 3.64. The van der Waals surface area contributed by atoms with Crippen molar-refractivity contribution in [2.45, 2.75) is 13.3 Å². The third-order valence-electron chi connectivity index (χ3n) is 3.24. The highest BCUT2D eigenvalue weighted by atomic mass is 19.1. The molecule has 0 bridgehead atoms. The Bertz CT molecular complexity index is 757. The molecule has 0 spiro atoms. The van der Waals surface area contributed by atoms with Crippen molar-refractivity contribution in [3.8, 4) is 0 Å². The number of nitrogens with one attached hydrogen (secondary N) is 2. The fraction of sp³-hybridized carbons (Fsp3) is 0.158. The van der Waals surface area contributed by atoms with Crippen molar-refractivity contribution < 1.29 is 14.0 Å².